The van der Waals surface area contributed by atoms with E-state index < -0.39 is 0 Å². The number of aryl methyl sites for hydroxylation is 1. The van der Waals surface area contributed by atoms with Gasteiger partial charge < -0.3 is 14.8 Å². The van der Waals surface area contributed by atoms with E-state index in [1.165, 1.54) is 0 Å². The van der Waals surface area contributed by atoms with Crippen LogP contribution in [-0.2, 0) is 17.6 Å². The van der Waals surface area contributed by atoms with Crippen LogP contribution in [0, 0.1) is 5.92 Å². The summed E-state index contributed by atoms with van der Waals surface area (Å²) in [5.74, 6) is 1.81. The zero-order valence-corrected chi connectivity index (χ0v) is 12.7. The Morgan fingerprint density at radius 1 is 1.50 bits per heavy atom. The summed E-state index contributed by atoms with van der Waals surface area (Å²) < 4.78 is 10.9. The summed E-state index contributed by atoms with van der Waals surface area (Å²) in [6.45, 7) is 2.39. The van der Waals surface area contributed by atoms with Gasteiger partial charge in [-0.15, -0.1) is 0 Å². The monoisotopic (exact) mass is 301 g/mol. The predicted octanol–water partition coefficient (Wildman–Crippen LogP) is 2.17. The van der Waals surface area contributed by atoms with Crippen LogP contribution in [0.2, 0.25) is 0 Å². The maximum atomic E-state index is 12.3. The van der Waals surface area contributed by atoms with E-state index in [1.807, 2.05) is 31.2 Å². The van der Waals surface area contributed by atoms with Crippen molar-refractivity contribution in [3.63, 3.8) is 0 Å². The minimum atomic E-state index is -0.220. The van der Waals surface area contributed by atoms with E-state index in [9.17, 15) is 4.79 Å². The lowest BCUT2D eigenvalue weighted by Gasteiger charge is -2.24. The molecule has 0 saturated heterocycles. The van der Waals surface area contributed by atoms with Gasteiger partial charge in [-0.25, -0.2) is 0 Å². The number of benzene rings is 1. The number of H-pyrrole nitrogens is 1. The Hall–Kier alpha value is -2.50. The average Bonchev–Trinajstić information content (AvgIpc) is 3.01. The van der Waals surface area contributed by atoms with Crippen LogP contribution < -0.4 is 14.8 Å². The molecule has 0 unspecified atom stereocenters. The number of anilines is 1. The summed E-state index contributed by atoms with van der Waals surface area (Å²) in [6, 6.07) is 7.52. The van der Waals surface area contributed by atoms with Crippen molar-refractivity contribution in [2.75, 3.05) is 19.0 Å². The number of aromatic amines is 1. The number of aromatic nitrogens is 2. The van der Waals surface area contributed by atoms with Crippen LogP contribution in [-0.4, -0.2) is 29.8 Å². The smallest absolute Gasteiger partial charge is 0.232 e. The highest BCUT2D eigenvalue weighted by Gasteiger charge is 2.26. The van der Waals surface area contributed by atoms with Gasteiger partial charge in [0.2, 0.25) is 5.91 Å². The van der Waals surface area contributed by atoms with E-state index in [0.29, 0.717) is 18.8 Å². The molecule has 2 heterocycles. The average molecular weight is 301 g/mol. The summed E-state index contributed by atoms with van der Waals surface area (Å²) in [5, 5.41) is 9.79. The standard InChI is InChI=1S/C16H19N3O3/c1-3-12-7-15(19-18-12)17-16(20)11-6-10-4-5-13(21-2)8-14(10)22-9-11/h4-5,7-8,11H,3,6,9H2,1-2H3,(H2,17,18,19,20)/t11-/m0/s1. The highest BCUT2D eigenvalue weighted by molar-refractivity contribution is 5.92. The Bertz CT molecular complexity index is 681. The number of hydrogen-bond donors (Lipinski definition) is 2. The topological polar surface area (TPSA) is 76.2 Å². The number of nitrogens with one attached hydrogen (secondary N) is 2. The Labute approximate surface area is 128 Å². The third-order valence-electron chi connectivity index (χ3n) is 3.81. The predicted molar refractivity (Wildman–Crippen MR) is 82.3 cm³/mol. The Balaban J connectivity index is 1.67. The van der Waals surface area contributed by atoms with Crippen LogP contribution in [0.4, 0.5) is 5.82 Å². The van der Waals surface area contributed by atoms with Gasteiger partial charge in [0.05, 0.1) is 13.0 Å². The van der Waals surface area contributed by atoms with Gasteiger partial charge in [0.15, 0.2) is 5.82 Å². The summed E-state index contributed by atoms with van der Waals surface area (Å²) in [7, 11) is 1.62. The van der Waals surface area contributed by atoms with E-state index in [1.54, 1.807) is 7.11 Å². The van der Waals surface area contributed by atoms with Gasteiger partial charge in [-0.1, -0.05) is 13.0 Å². The van der Waals surface area contributed by atoms with Crippen molar-refractivity contribution >= 4 is 11.7 Å². The summed E-state index contributed by atoms with van der Waals surface area (Å²) in [5.41, 5.74) is 2.01. The van der Waals surface area contributed by atoms with Gasteiger partial charge in [0, 0.05) is 17.8 Å². The van der Waals surface area contributed by atoms with E-state index in [-0.39, 0.29) is 11.8 Å². The van der Waals surface area contributed by atoms with Crippen LogP contribution in [0.5, 0.6) is 11.5 Å². The first-order valence-electron chi connectivity index (χ1n) is 7.34. The highest BCUT2D eigenvalue weighted by atomic mass is 16.5. The lowest BCUT2D eigenvalue weighted by molar-refractivity contribution is -0.121. The summed E-state index contributed by atoms with van der Waals surface area (Å²) >= 11 is 0. The normalized spacial score (nSPS) is 16.5. The molecule has 0 saturated carbocycles. The zero-order valence-electron chi connectivity index (χ0n) is 12.7. The Kier molecular flexibility index (Phi) is 4.00. The molecule has 0 fully saturated rings. The second-order valence-corrected chi connectivity index (χ2v) is 5.31. The molecule has 1 aromatic carbocycles. The zero-order chi connectivity index (χ0) is 15.5. The number of rotatable bonds is 4. The van der Waals surface area contributed by atoms with Crippen molar-refractivity contribution in [1.29, 1.82) is 0 Å². The summed E-state index contributed by atoms with van der Waals surface area (Å²) in [6.07, 6.45) is 1.50. The van der Waals surface area contributed by atoms with Crippen LogP contribution in [0.1, 0.15) is 18.2 Å². The molecule has 3 rings (SSSR count). The molecule has 2 aromatic rings. The van der Waals surface area contributed by atoms with Crippen molar-refractivity contribution in [3.05, 3.63) is 35.5 Å². The molecule has 2 N–H and O–H groups in total. The van der Waals surface area contributed by atoms with Crippen LogP contribution in [0.3, 0.4) is 0 Å². The lowest BCUT2D eigenvalue weighted by atomic mass is 9.96. The number of carbonyl (C=O) groups excluding carboxylic acids is 1. The minimum absolute atomic E-state index is 0.0735. The molecule has 0 bridgehead atoms. The molecule has 6 nitrogen and oxygen atoms in total. The van der Waals surface area contributed by atoms with Crippen LogP contribution in [0.25, 0.3) is 0 Å². The van der Waals surface area contributed by atoms with E-state index >= 15 is 0 Å². The first-order valence-corrected chi connectivity index (χ1v) is 7.34. The Morgan fingerprint density at radius 3 is 3.09 bits per heavy atom. The second kappa shape index (κ2) is 6.09. The molecule has 22 heavy (non-hydrogen) atoms. The van der Waals surface area contributed by atoms with Gasteiger partial charge in [-0.05, 0) is 24.5 Å². The van der Waals surface area contributed by atoms with E-state index in [2.05, 4.69) is 15.5 Å². The van der Waals surface area contributed by atoms with Crippen molar-refractivity contribution in [3.8, 4) is 11.5 Å². The molecule has 0 aliphatic carbocycles. The van der Waals surface area contributed by atoms with Gasteiger partial charge in [0.1, 0.15) is 18.1 Å². The SMILES string of the molecule is CCc1cc(NC(=O)[C@@H]2COc3cc(OC)ccc3C2)n[nH]1. The number of amides is 1. The van der Waals surface area contributed by atoms with Crippen LogP contribution in [0.15, 0.2) is 24.3 Å². The van der Waals surface area contributed by atoms with E-state index in [4.69, 9.17) is 9.47 Å². The van der Waals surface area contributed by atoms with Crippen LogP contribution >= 0.6 is 0 Å². The molecule has 116 valence electrons. The largest absolute Gasteiger partial charge is 0.497 e. The number of carbonyl (C=O) groups is 1. The minimum Gasteiger partial charge on any atom is -0.497 e. The first kappa shape index (κ1) is 14.4. The third kappa shape index (κ3) is 2.90. The molecular weight excluding hydrogens is 282 g/mol. The van der Waals surface area contributed by atoms with Gasteiger partial charge in [-0.3, -0.25) is 9.89 Å². The molecule has 1 aliphatic heterocycles. The molecule has 1 amide bonds. The van der Waals surface area contributed by atoms with Gasteiger partial charge in [0.25, 0.3) is 0 Å². The maximum absolute atomic E-state index is 12.3. The second-order valence-electron chi connectivity index (χ2n) is 5.31. The molecule has 6 heteroatoms. The van der Waals surface area contributed by atoms with Crippen molar-refractivity contribution in [2.45, 2.75) is 19.8 Å². The molecule has 1 aliphatic rings. The fourth-order valence-corrected chi connectivity index (χ4v) is 2.48. The molecule has 0 radical (unpaired) electrons. The third-order valence-corrected chi connectivity index (χ3v) is 3.81. The fourth-order valence-electron chi connectivity index (χ4n) is 2.48. The Morgan fingerprint density at radius 2 is 2.36 bits per heavy atom. The highest BCUT2D eigenvalue weighted by Crippen LogP contribution is 2.31. The van der Waals surface area contributed by atoms with Crippen molar-refractivity contribution in [1.82, 2.24) is 10.2 Å². The van der Waals surface area contributed by atoms with Crippen molar-refractivity contribution in [2.24, 2.45) is 5.92 Å². The van der Waals surface area contributed by atoms with Crippen molar-refractivity contribution < 1.29 is 14.3 Å². The lowest BCUT2D eigenvalue weighted by Crippen LogP contribution is -2.32. The number of methoxy groups -OCH3 is 1. The van der Waals surface area contributed by atoms with Gasteiger partial charge >= 0.3 is 0 Å². The van der Waals surface area contributed by atoms with E-state index in [0.717, 1.165) is 29.2 Å². The summed E-state index contributed by atoms with van der Waals surface area (Å²) in [4.78, 5) is 12.3. The van der Waals surface area contributed by atoms with Gasteiger partial charge in [-0.2, -0.15) is 5.10 Å². The number of nitrogens with zero attached hydrogens (tertiary/aromatic N) is 1. The maximum Gasteiger partial charge on any atom is 0.232 e. The molecule has 0 spiro atoms. The number of fused-ring (bicyclic) bond motifs is 1. The number of hydrogen-bond acceptors (Lipinski definition) is 4. The quantitative estimate of drug-likeness (QED) is 0.907. The fraction of sp³-hybridized carbons (Fsp3) is 0.375. The number of ether oxygens (including phenoxy) is 2. The first-order chi connectivity index (χ1) is 10.7. The molecule has 1 aromatic heterocycles. The molecule has 1 atom stereocenters. The molecular formula is C16H19N3O3.